The molecule has 3 N–H and O–H groups in total. The number of nitrogens with zero attached hydrogens (tertiary/aromatic N) is 1. The molecule has 0 aromatic carbocycles. The number of hydrogen-bond acceptors (Lipinski definition) is 7. The third kappa shape index (κ3) is 5.83. The van der Waals surface area contributed by atoms with Crippen LogP contribution in [0, 0.1) is 5.92 Å². The lowest BCUT2D eigenvalue weighted by Crippen LogP contribution is -2.56. The number of aliphatic hydroxyl groups excluding tert-OH is 1. The van der Waals surface area contributed by atoms with Gasteiger partial charge in [0.25, 0.3) is 0 Å². The molecule has 27 heavy (non-hydrogen) atoms. The van der Waals surface area contributed by atoms with Crippen LogP contribution < -0.4 is 5.32 Å². The SMILES string of the molecule is CCOC(=O)[C@H](O)[C@H](S)C(=O)N[C@H](C(=O)N1CCC[C@H]1C(=O)O)[C@@H](C)CC. The minimum Gasteiger partial charge on any atom is -0.480 e. The topological polar surface area (TPSA) is 133 Å². The van der Waals surface area contributed by atoms with Gasteiger partial charge in [-0.3, -0.25) is 9.59 Å². The molecule has 0 bridgehead atoms. The van der Waals surface area contributed by atoms with Crippen molar-refractivity contribution >= 4 is 36.4 Å². The van der Waals surface area contributed by atoms with Crippen molar-refractivity contribution in [2.45, 2.75) is 63.5 Å². The van der Waals surface area contributed by atoms with E-state index in [-0.39, 0.29) is 12.5 Å². The second kappa shape index (κ2) is 10.5. The fourth-order valence-electron chi connectivity index (χ4n) is 2.89. The van der Waals surface area contributed by atoms with E-state index >= 15 is 0 Å². The van der Waals surface area contributed by atoms with Crippen LogP contribution in [0.25, 0.3) is 0 Å². The van der Waals surface area contributed by atoms with Crippen LogP contribution in [0.15, 0.2) is 0 Å². The Labute approximate surface area is 163 Å². The fourth-order valence-corrected chi connectivity index (χ4v) is 3.08. The number of amides is 2. The average Bonchev–Trinajstić information content (AvgIpc) is 3.13. The molecule has 0 unspecified atom stereocenters. The van der Waals surface area contributed by atoms with Gasteiger partial charge in [-0.1, -0.05) is 20.3 Å². The maximum absolute atomic E-state index is 12.9. The number of carbonyl (C=O) groups is 4. The first-order chi connectivity index (χ1) is 12.6. The highest BCUT2D eigenvalue weighted by atomic mass is 32.1. The summed E-state index contributed by atoms with van der Waals surface area (Å²) in [6.07, 6.45) is -0.293. The third-order valence-corrected chi connectivity index (χ3v) is 5.21. The van der Waals surface area contributed by atoms with Crippen molar-refractivity contribution in [1.82, 2.24) is 10.2 Å². The molecule has 1 saturated heterocycles. The second-order valence-corrected chi connectivity index (χ2v) is 7.10. The standard InChI is InChI=1S/C17H28N2O7S/c1-4-9(3)11(15(22)19-8-6-7-10(19)16(23)24)18-14(21)13(27)12(20)17(25)26-5-2/h9-13,20,27H,4-8H2,1-3H3,(H,18,21)(H,23,24)/t9-,10-,11-,12+,13-/m0/s1. The van der Waals surface area contributed by atoms with Crippen LogP contribution in [0.2, 0.25) is 0 Å². The maximum atomic E-state index is 12.9. The van der Waals surface area contributed by atoms with Gasteiger partial charge >= 0.3 is 11.9 Å². The van der Waals surface area contributed by atoms with Gasteiger partial charge in [0.1, 0.15) is 17.3 Å². The molecule has 10 heteroatoms. The molecule has 0 saturated carbocycles. The first kappa shape index (κ1) is 23.2. The monoisotopic (exact) mass is 404 g/mol. The quantitative estimate of drug-likeness (QED) is 0.309. The Balaban J connectivity index is 2.91. The van der Waals surface area contributed by atoms with Gasteiger partial charge in [0.15, 0.2) is 6.10 Å². The highest BCUT2D eigenvalue weighted by Crippen LogP contribution is 2.21. The Morgan fingerprint density at radius 2 is 1.93 bits per heavy atom. The van der Waals surface area contributed by atoms with E-state index in [1.165, 1.54) is 4.90 Å². The highest BCUT2D eigenvalue weighted by Gasteiger charge is 2.40. The number of aliphatic hydroxyl groups is 1. The van der Waals surface area contributed by atoms with E-state index in [2.05, 4.69) is 22.7 Å². The summed E-state index contributed by atoms with van der Waals surface area (Å²) in [5.41, 5.74) is 0. The summed E-state index contributed by atoms with van der Waals surface area (Å²) in [6.45, 7) is 5.49. The lowest BCUT2D eigenvalue weighted by molar-refractivity contribution is -0.155. The summed E-state index contributed by atoms with van der Waals surface area (Å²) in [4.78, 5) is 49.5. The van der Waals surface area contributed by atoms with Crippen molar-refractivity contribution in [1.29, 1.82) is 0 Å². The van der Waals surface area contributed by atoms with Crippen molar-refractivity contribution in [2.75, 3.05) is 13.2 Å². The van der Waals surface area contributed by atoms with E-state index < -0.39 is 47.2 Å². The molecule has 0 radical (unpaired) electrons. The second-order valence-electron chi connectivity index (χ2n) is 6.54. The summed E-state index contributed by atoms with van der Waals surface area (Å²) in [5.74, 6) is -3.64. The molecule has 5 atom stereocenters. The van der Waals surface area contributed by atoms with Gasteiger partial charge in [0.05, 0.1) is 6.61 Å². The predicted octanol–water partition coefficient (Wildman–Crippen LogP) is -0.185. The van der Waals surface area contributed by atoms with Gasteiger partial charge in [-0.2, -0.15) is 12.6 Å². The largest absolute Gasteiger partial charge is 0.480 e. The van der Waals surface area contributed by atoms with Gasteiger partial charge in [0, 0.05) is 6.54 Å². The summed E-state index contributed by atoms with van der Waals surface area (Å²) < 4.78 is 4.66. The van der Waals surface area contributed by atoms with Gasteiger partial charge in [-0.25, -0.2) is 9.59 Å². The smallest absolute Gasteiger partial charge is 0.336 e. The van der Waals surface area contributed by atoms with E-state index in [1.807, 2.05) is 6.92 Å². The Bertz CT molecular complexity index is 571. The molecular weight excluding hydrogens is 376 g/mol. The number of carboxylic acid groups (broad SMARTS) is 1. The molecular formula is C17H28N2O7S. The highest BCUT2D eigenvalue weighted by molar-refractivity contribution is 7.81. The number of nitrogens with one attached hydrogen (secondary N) is 1. The van der Waals surface area contributed by atoms with Crippen LogP contribution in [-0.4, -0.2) is 75.5 Å². The number of ether oxygens (including phenoxy) is 1. The molecule has 1 aliphatic rings. The molecule has 9 nitrogen and oxygen atoms in total. The number of thiol groups is 1. The number of likely N-dealkylation sites (tertiary alicyclic amines) is 1. The first-order valence-corrected chi connectivity index (χ1v) is 9.53. The summed E-state index contributed by atoms with van der Waals surface area (Å²) in [5, 5.41) is 20.3. The molecule has 1 fully saturated rings. The Morgan fingerprint density at radius 3 is 2.44 bits per heavy atom. The Morgan fingerprint density at radius 1 is 1.30 bits per heavy atom. The Hall–Kier alpha value is -1.81. The number of carbonyl (C=O) groups excluding carboxylic acids is 3. The van der Waals surface area contributed by atoms with Crippen molar-refractivity contribution in [3.8, 4) is 0 Å². The van der Waals surface area contributed by atoms with Crippen molar-refractivity contribution < 1.29 is 34.1 Å². The van der Waals surface area contributed by atoms with Crippen molar-refractivity contribution in [2.24, 2.45) is 5.92 Å². The lowest BCUT2D eigenvalue weighted by atomic mass is 9.97. The molecule has 1 aliphatic heterocycles. The number of hydrogen-bond donors (Lipinski definition) is 4. The van der Waals surface area contributed by atoms with Gasteiger partial charge < -0.3 is 25.2 Å². The number of carboxylic acids is 1. The summed E-state index contributed by atoms with van der Waals surface area (Å²) >= 11 is 3.97. The zero-order chi connectivity index (χ0) is 20.7. The van der Waals surface area contributed by atoms with Crippen molar-refractivity contribution in [3.63, 3.8) is 0 Å². The maximum Gasteiger partial charge on any atom is 0.336 e. The minimum absolute atomic E-state index is 0.0392. The van der Waals surface area contributed by atoms with Crippen LogP contribution in [-0.2, 0) is 23.9 Å². The normalized spacial score (nSPS) is 21.1. The molecule has 0 aromatic heterocycles. The van der Waals surface area contributed by atoms with Crippen LogP contribution in [0.3, 0.4) is 0 Å². The predicted molar refractivity (Wildman–Crippen MR) is 99.2 cm³/mol. The molecule has 2 amide bonds. The zero-order valence-electron chi connectivity index (χ0n) is 15.8. The third-order valence-electron chi connectivity index (χ3n) is 4.69. The molecule has 1 rings (SSSR count). The zero-order valence-corrected chi connectivity index (χ0v) is 16.6. The van der Waals surface area contributed by atoms with E-state index in [0.717, 1.165) is 0 Å². The fraction of sp³-hybridized carbons (Fsp3) is 0.765. The summed E-state index contributed by atoms with van der Waals surface area (Å²) in [6, 6.07) is -1.90. The molecule has 0 aliphatic carbocycles. The molecule has 1 heterocycles. The van der Waals surface area contributed by atoms with Crippen molar-refractivity contribution in [3.05, 3.63) is 0 Å². The van der Waals surface area contributed by atoms with Crippen LogP contribution in [0.1, 0.15) is 40.0 Å². The van der Waals surface area contributed by atoms with Gasteiger partial charge in [0.2, 0.25) is 11.8 Å². The van der Waals surface area contributed by atoms with Crippen LogP contribution >= 0.6 is 12.6 Å². The molecule has 0 aromatic rings. The van der Waals surface area contributed by atoms with E-state index in [9.17, 15) is 29.4 Å². The lowest BCUT2D eigenvalue weighted by Gasteiger charge is -2.31. The minimum atomic E-state index is -1.78. The average molecular weight is 404 g/mol. The van der Waals surface area contributed by atoms with E-state index in [1.54, 1.807) is 13.8 Å². The van der Waals surface area contributed by atoms with Crippen LogP contribution in [0.4, 0.5) is 0 Å². The number of rotatable bonds is 9. The van der Waals surface area contributed by atoms with E-state index in [0.29, 0.717) is 25.8 Å². The first-order valence-electron chi connectivity index (χ1n) is 9.02. The van der Waals surface area contributed by atoms with Gasteiger partial charge in [-0.05, 0) is 25.7 Å². The summed E-state index contributed by atoms with van der Waals surface area (Å²) in [7, 11) is 0. The molecule has 154 valence electrons. The van der Waals surface area contributed by atoms with Gasteiger partial charge in [-0.15, -0.1) is 0 Å². The number of aliphatic carboxylic acids is 1. The number of esters is 1. The molecule has 0 spiro atoms. The van der Waals surface area contributed by atoms with E-state index in [4.69, 9.17) is 0 Å². The Kier molecular flexibility index (Phi) is 9.04. The van der Waals surface area contributed by atoms with Crippen LogP contribution in [0.5, 0.6) is 0 Å².